The van der Waals surface area contributed by atoms with Gasteiger partial charge in [-0.15, -0.1) is 9.60 Å². The zero-order chi connectivity index (χ0) is 6.69. The van der Waals surface area contributed by atoms with Crippen LogP contribution < -0.4 is 5.32 Å². The molecule has 1 aliphatic rings. The molecule has 1 heterocycles. The third-order valence-electron chi connectivity index (χ3n) is 1.45. The Bertz CT molecular complexity index is 109. The van der Waals surface area contributed by atoms with E-state index in [1.807, 2.05) is 0 Å². The molecule has 9 heavy (non-hydrogen) atoms. The van der Waals surface area contributed by atoms with Gasteiger partial charge in [0.2, 0.25) is 6.41 Å². The first kappa shape index (κ1) is 6.48. The van der Waals surface area contributed by atoms with Crippen molar-refractivity contribution in [3.05, 3.63) is 0 Å². The molecule has 1 fully saturated rings. The second-order valence-electron chi connectivity index (χ2n) is 2.07. The van der Waals surface area contributed by atoms with Crippen LogP contribution in [0, 0.1) is 0 Å². The highest BCUT2D eigenvalue weighted by atomic mass is 19.2. The fourth-order valence-corrected chi connectivity index (χ4v) is 0.974. The van der Waals surface area contributed by atoms with E-state index >= 15 is 0 Å². The molecule has 0 bridgehead atoms. The molecule has 52 valence electrons. The average molecular weight is 132 g/mol. The van der Waals surface area contributed by atoms with Gasteiger partial charge in [0.05, 0.1) is 0 Å². The maximum atomic E-state index is 12.4. The van der Waals surface area contributed by atoms with E-state index in [2.05, 4.69) is 5.32 Å². The molecule has 0 spiro atoms. The largest absolute Gasteiger partial charge is 0.341 e. The van der Waals surface area contributed by atoms with Crippen LogP contribution in [-0.4, -0.2) is 24.2 Å². The SMILES string of the molecule is O=CNC1CCCN1F. The Hall–Kier alpha value is -0.640. The molecule has 0 aromatic rings. The van der Waals surface area contributed by atoms with Crippen molar-refractivity contribution in [3.63, 3.8) is 0 Å². The van der Waals surface area contributed by atoms with Crippen molar-refractivity contribution in [3.8, 4) is 0 Å². The van der Waals surface area contributed by atoms with Gasteiger partial charge in [-0.3, -0.25) is 4.79 Å². The van der Waals surface area contributed by atoms with Gasteiger partial charge in [0, 0.05) is 6.54 Å². The summed E-state index contributed by atoms with van der Waals surface area (Å²) in [4.78, 5) is 9.80. The van der Waals surface area contributed by atoms with Gasteiger partial charge < -0.3 is 5.32 Å². The third kappa shape index (κ3) is 1.38. The molecule has 1 unspecified atom stereocenters. The molecule has 0 aromatic carbocycles. The van der Waals surface area contributed by atoms with Crippen molar-refractivity contribution >= 4 is 6.41 Å². The molecular formula is C5H9FN2O. The summed E-state index contributed by atoms with van der Waals surface area (Å²) in [6, 6.07) is 0. The minimum atomic E-state index is -0.373. The molecule has 1 rings (SSSR count). The quantitative estimate of drug-likeness (QED) is 0.425. The molecule has 0 saturated carbocycles. The van der Waals surface area contributed by atoms with Crippen LogP contribution >= 0.6 is 0 Å². The first-order valence-corrected chi connectivity index (χ1v) is 2.96. The summed E-state index contributed by atoms with van der Waals surface area (Å²) in [6.45, 7) is 0.436. The molecule has 1 aliphatic heterocycles. The van der Waals surface area contributed by atoms with E-state index in [0.717, 1.165) is 12.8 Å². The second-order valence-corrected chi connectivity index (χ2v) is 2.07. The lowest BCUT2D eigenvalue weighted by molar-refractivity contribution is -0.113. The Morgan fingerprint density at radius 1 is 1.78 bits per heavy atom. The predicted molar refractivity (Wildman–Crippen MR) is 30.0 cm³/mol. The van der Waals surface area contributed by atoms with E-state index in [0.29, 0.717) is 18.1 Å². The Kier molecular flexibility index (Phi) is 2.00. The van der Waals surface area contributed by atoms with Gasteiger partial charge in [0.15, 0.2) is 0 Å². The molecule has 1 N–H and O–H groups in total. The molecule has 0 aliphatic carbocycles. The average Bonchev–Trinajstić information content (AvgIpc) is 2.18. The van der Waals surface area contributed by atoms with Crippen LogP contribution in [0.2, 0.25) is 0 Å². The van der Waals surface area contributed by atoms with Gasteiger partial charge in [0.1, 0.15) is 6.17 Å². The van der Waals surface area contributed by atoms with Crippen LogP contribution in [0.25, 0.3) is 0 Å². The number of hydrogen-bond acceptors (Lipinski definition) is 2. The van der Waals surface area contributed by atoms with Crippen LogP contribution in [0.4, 0.5) is 4.48 Å². The standard InChI is InChI=1S/C5H9FN2O/c6-8-3-1-2-5(8)7-4-9/h4-5H,1-3H2,(H,7,9). The van der Waals surface area contributed by atoms with Crippen molar-refractivity contribution in [2.24, 2.45) is 0 Å². The lowest BCUT2D eigenvalue weighted by Gasteiger charge is -2.12. The fourth-order valence-electron chi connectivity index (χ4n) is 0.974. The van der Waals surface area contributed by atoms with E-state index in [9.17, 15) is 9.28 Å². The summed E-state index contributed by atoms with van der Waals surface area (Å²) in [5, 5.41) is 3.01. The van der Waals surface area contributed by atoms with E-state index in [1.54, 1.807) is 0 Å². The first-order chi connectivity index (χ1) is 4.34. The number of carbonyl (C=O) groups is 1. The summed E-state index contributed by atoms with van der Waals surface area (Å²) in [6.07, 6.45) is 1.70. The van der Waals surface area contributed by atoms with Gasteiger partial charge in [-0.25, -0.2) is 0 Å². The van der Waals surface area contributed by atoms with Gasteiger partial charge in [-0.2, -0.15) is 0 Å². The molecule has 4 heteroatoms. The summed E-state index contributed by atoms with van der Waals surface area (Å²) in [5.74, 6) is 0. The lowest BCUT2D eigenvalue weighted by Crippen LogP contribution is -2.35. The van der Waals surface area contributed by atoms with Crippen molar-refractivity contribution in [1.82, 2.24) is 10.4 Å². The van der Waals surface area contributed by atoms with Crippen LogP contribution in [0.15, 0.2) is 0 Å². The summed E-state index contributed by atoms with van der Waals surface area (Å²) < 4.78 is 12.4. The normalized spacial score (nSPS) is 28.3. The van der Waals surface area contributed by atoms with E-state index in [-0.39, 0.29) is 6.17 Å². The maximum Gasteiger partial charge on any atom is 0.208 e. The van der Waals surface area contributed by atoms with Crippen molar-refractivity contribution in [1.29, 1.82) is 0 Å². The van der Waals surface area contributed by atoms with Crippen LogP contribution in [0.1, 0.15) is 12.8 Å². The first-order valence-electron chi connectivity index (χ1n) is 2.96. The lowest BCUT2D eigenvalue weighted by atomic mass is 10.3. The summed E-state index contributed by atoms with van der Waals surface area (Å²) in [5.41, 5.74) is 0. The van der Waals surface area contributed by atoms with Crippen LogP contribution in [0.5, 0.6) is 0 Å². The summed E-state index contributed by atoms with van der Waals surface area (Å²) >= 11 is 0. The third-order valence-corrected chi connectivity index (χ3v) is 1.45. The minimum Gasteiger partial charge on any atom is -0.341 e. The number of rotatable bonds is 2. The number of hydrogen-bond donors (Lipinski definition) is 1. The van der Waals surface area contributed by atoms with Crippen molar-refractivity contribution in [2.75, 3.05) is 6.54 Å². The van der Waals surface area contributed by atoms with Crippen LogP contribution in [-0.2, 0) is 4.79 Å². The number of halogens is 1. The summed E-state index contributed by atoms with van der Waals surface area (Å²) in [7, 11) is 0. The molecule has 1 amide bonds. The fraction of sp³-hybridized carbons (Fsp3) is 0.800. The highest BCUT2D eigenvalue weighted by Gasteiger charge is 2.22. The Morgan fingerprint density at radius 2 is 2.56 bits per heavy atom. The van der Waals surface area contributed by atoms with Crippen molar-refractivity contribution in [2.45, 2.75) is 19.0 Å². The molecular weight excluding hydrogens is 123 g/mol. The second kappa shape index (κ2) is 2.77. The highest BCUT2D eigenvalue weighted by Crippen LogP contribution is 2.13. The maximum absolute atomic E-state index is 12.4. The van der Waals surface area contributed by atoms with Gasteiger partial charge >= 0.3 is 0 Å². The molecule has 0 radical (unpaired) electrons. The topological polar surface area (TPSA) is 32.3 Å². The molecule has 3 nitrogen and oxygen atoms in total. The molecule has 1 saturated heterocycles. The Morgan fingerprint density at radius 3 is 3.00 bits per heavy atom. The minimum absolute atomic E-state index is 0.373. The Balaban J connectivity index is 2.30. The highest BCUT2D eigenvalue weighted by molar-refractivity contribution is 5.46. The zero-order valence-corrected chi connectivity index (χ0v) is 5.01. The van der Waals surface area contributed by atoms with Crippen LogP contribution in [0.3, 0.4) is 0 Å². The van der Waals surface area contributed by atoms with E-state index < -0.39 is 0 Å². The predicted octanol–water partition coefficient (Wildman–Crippen LogP) is 0.0388. The van der Waals surface area contributed by atoms with Gasteiger partial charge in [0.25, 0.3) is 0 Å². The Labute approximate surface area is 52.8 Å². The number of nitrogens with zero attached hydrogens (tertiary/aromatic N) is 1. The van der Waals surface area contributed by atoms with E-state index in [1.165, 1.54) is 0 Å². The van der Waals surface area contributed by atoms with E-state index in [4.69, 9.17) is 0 Å². The monoisotopic (exact) mass is 132 g/mol. The van der Waals surface area contributed by atoms with Crippen molar-refractivity contribution < 1.29 is 9.28 Å². The van der Waals surface area contributed by atoms with Gasteiger partial charge in [-0.1, -0.05) is 0 Å². The smallest absolute Gasteiger partial charge is 0.208 e. The van der Waals surface area contributed by atoms with Gasteiger partial charge in [-0.05, 0) is 12.8 Å². The zero-order valence-electron chi connectivity index (χ0n) is 5.01. The molecule has 1 atom stereocenters. The molecule has 0 aromatic heterocycles. The number of nitrogens with one attached hydrogen (secondary N) is 1. The number of carbonyl (C=O) groups excluding carboxylic acids is 1. The number of amides is 1.